The summed E-state index contributed by atoms with van der Waals surface area (Å²) < 4.78 is 0. The molecule has 4 heteroatoms. The van der Waals surface area contributed by atoms with Gasteiger partial charge in [-0.2, -0.15) is 0 Å². The third-order valence-electron chi connectivity index (χ3n) is 2.84. The van der Waals surface area contributed by atoms with Crippen LogP contribution in [0.1, 0.15) is 24.8 Å². The Hall–Kier alpha value is -0.800. The fourth-order valence-electron chi connectivity index (χ4n) is 1.71. The van der Waals surface area contributed by atoms with Gasteiger partial charge >= 0.3 is 0 Å². The molecule has 2 rings (SSSR count). The molecule has 1 aromatic rings. The number of rotatable bonds is 4. The number of nitrogen functional groups attached to an aromatic ring is 1. The molecule has 0 saturated heterocycles. The second kappa shape index (κ2) is 4.37. The molecule has 1 unspecified atom stereocenters. The molecule has 0 aliphatic heterocycles. The van der Waals surface area contributed by atoms with Crippen molar-refractivity contribution in [3.05, 3.63) is 22.8 Å². The van der Waals surface area contributed by atoms with E-state index in [1.165, 1.54) is 6.20 Å². The van der Waals surface area contributed by atoms with E-state index in [2.05, 4.69) is 4.98 Å². The van der Waals surface area contributed by atoms with E-state index >= 15 is 0 Å². The van der Waals surface area contributed by atoms with Crippen LogP contribution in [0.5, 0.6) is 0 Å². The van der Waals surface area contributed by atoms with Gasteiger partial charge < -0.3 is 10.8 Å². The standard InChI is InChI=1S/C11H15ClN2O/c12-9-5-8(11(13)14-6-9)3-4-10(15)7-1-2-7/h5-7,10,15H,1-4H2,(H2,13,14). The summed E-state index contributed by atoms with van der Waals surface area (Å²) in [4.78, 5) is 3.98. The van der Waals surface area contributed by atoms with Gasteiger partial charge in [0.2, 0.25) is 0 Å². The van der Waals surface area contributed by atoms with E-state index in [-0.39, 0.29) is 6.10 Å². The third kappa shape index (κ3) is 2.83. The maximum absolute atomic E-state index is 9.72. The lowest BCUT2D eigenvalue weighted by atomic mass is 10.1. The molecule has 1 aliphatic rings. The Kier molecular flexibility index (Phi) is 3.12. The van der Waals surface area contributed by atoms with E-state index in [0.29, 0.717) is 16.8 Å². The minimum atomic E-state index is -0.191. The zero-order valence-electron chi connectivity index (χ0n) is 8.49. The van der Waals surface area contributed by atoms with Crippen molar-refractivity contribution in [1.82, 2.24) is 4.98 Å². The van der Waals surface area contributed by atoms with Gasteiger partial charge in [0.1, 0.15) is 5.82 Å². The SMILES string of the molecule is Nc1ncc(Cl)cc1CCC(O)C1CC1. The van der Waals surface area contributed by atoms with Gasteiger partial charge in [0.25, 0.3) is 0 Å². The van der Waals surface area contributed by atoms with Crippen LogP contribution in [0.2, 0.25) is 5.02 Å². The van der Waals surface area contributed by atoms with Crippen LogP contribution >= 0.6 is 11.6 Å². The third-order valence-corrected chi connectivity index (χ3v) is 3.05. The summed E-state index contributed by atoms with van der Waals surface area (Å²) in [5, 5.41) is 10.3. The van der Waals surface area contributed by atoms with Crippen LogP contribution in [0, 0.1) is 5.92 Å². The maximum atomic E-state index is 9.72. The van der Waals surface area contributed by atoms with Crippen LogP contribution in [-0.4, -0.2) is 16.2 Å². The average molecular weight is 227 g/mol. The van der Waals surface area contributed by atoms with Gasteiger partial charge in [0.05, 0.1) is 11.1 Å². The molecule has 1 saturated carbocycles. The van der Waals surface area contributed by atoms with Gasteiger partial charge in [-0.3, -0.25) is 0 Å². The quantitative estimate of drug-likeness (QED) is 0.826. The Morgan fingerprint density at radius 2 is 2.33 bits per heavy atom. The molecule has 0 amide bonds. The lowest BCUT2D eigenvalue weighted by Crippen LogP contribution is -2.11. The molecule has 82 valence electrons. The number of aryl methyl sites for hydroxylation is 1. The number of nitrogens with zero attached hydrogens (tertiary/aromatic N) is 1. The maximum Gasteiger partial charge on any atom is 0.126 e. The number of anilines is 1. The van der Waals surface area contributed by atoms with E-state index in [4.69, 9.17) is 17.3 Å². The predicted octanol–water partition coefficient (Wildman–Crippen LogP) is 2.02. The fraction of sp³-hybridized carbons (Fsp3) is 0.545. The van der Waals surface area contributed by atoms with E-state index in [0.717, 1.165) is 31.2 Å². The Morgan fingerprint density at radius 3 is 3.00 bits per heavy atom. The Balaban J connectivity index is 1.94. The first kappa shape index (κ1) is 10.7. The Bertz CT molecular complexity index is 352. The van der Waals surface area contributed by atoms with E-state index in [9.17, 15) is 5.11 Å². The minimum Gasteiger partial charge on any atom is -0.393 e. The van der Waals surface area contributed by atoms with Crippen molar-refractivity contribution in [2.45, 2.75) is 31.8 Å². The molecule has 1 fully saturated rings. The first-order valence-corrected chi connectivity index (χ1v) is 5.62. The second-order valence-electron chi connectivity index (χ2n) is 4.14. The monoisotopic (exact) mass is 226 g/mol. The zero-order valence-corrected chi connectivity index (χ0v) is 9.24. The first-order valence-electron chi connectivity index (χ1n) is 5.25. The van der Waals surface area contributed by atoms with Gasteiger partial charge in [-0.15, -0.1) is 0 Å². The minimum absolute atomic E-state index is 0.191. The van der Waals surface area contributed by atoms with Crippen molar-refractivity contribution < 1.29 is 5.11 Å². The highest BCUT2D eigenvalue weighted by molar-refractivity contribution is 6.30. The van der Waals surface area contributed by atoms with Gasteiger partial charge in [0.15, 0.2) is 0 Å². The number of hydrogen-bond acceptors (Lipinski definition) is 3. The predicted molar refractivity (Wildman–Crippen MR) is 60.7 cm³/mol. The highest BCUT2D eigenvalue weighted by Gasteiger charge is 2.29. The molecule has 1 heterocycles. The summed E-state index contributed by atoms with van der Waals surface area (Å²) in [5.74, 6) is 1.03. The van der Waals surface area contributed by atoms with Crippen LogP contribution in [0.4, 0.5) is 5.82 Å². The number of aliphatic hydroxyl groups is 1. The summed E-state index contributed by atoms with van der Waals surface area (Å²) in [7, 11) is 0. The van der Waals surface area contributed by atoms with Crippen molar-refractivity contribution in [1.29, 1.82) is 0 Å². The van der Waals surface area contributed by atoms with Crippen LogP contribution in [0.3, 0.4) is 0 Å². The highest BCUT2D eigenvalue weighted by atomic mass is 35.5. The Labute approximate surface area is 94.3 Å². The molecule has 1 aromatic heterocycles. The molecule has 0 aromatic carbocycles. The van der Waals surface area contributed by atoms with Crippen LogP contribution in [0.25, 0.3) is 0 Å². The van der Waals surface area contributed by atoms with Crippen LogP contribution < -0.4 is 5.73 Å². The fourth-order valence-corrected chi connectivity index (χ4v) is 1.89. The smallest absolute Gasteiger partial charge is 0.126 e. The molecular weight excluding hydrogens is 212 g/mol. The normalized spacial score (nSPS) is 17.7. The van der Waals surface area contributed by atoms with Crippen molar-refractivity contribution in [3.63, 3.8) is 0 Å². The van der Waals surface area contributed by atoms with Crippen molar-refractivity contribution >= 4 is 17.4 Å². The van der Waals surface area contributed by atoms with E-state index in [1.807, 2.05) is 6.07 Å². The number of pyridine rings is 1. The molecule has 3 nitrogen and oxygen atoms in total. The molecule has 1 atom stereocenters. The summed E-state index contributed by atoms with van der Waals surface area (Å²) in [6.45, 7) is 0. The largest absolute Gasteiger partial charge is 0.393 e. The van der Waals surface area contributed by atoms with Crippen LogP contribution in [-0.2, 0) is 6.42 Å². The van der Waals surface area contributed by atoms with Gasteiger partial charge in [-0.25, -0.2) is 4.98 Å². The zero-order chi connectivity index (χ0) is 10.8. The number of aliphatic hydroxyl groups excluding tert-OH is 1. The summed E-state index contributed by atoms with van der Waals surface area (Å²) in [6, 6.07) is 1.82. The molecular formula is C11H15ClN2O. The van der Waals surface area contributed by atoms with Gasteiger partial charge in [0, 0.05) is 6.20 Å². The average Bonchev–Trinajstić information content (AvgIpc) is 3.02. The van der Waals surface area contributed by atoms with Gasteiger partial charge in [-0.05, 0) is 43.2 Å². The van der Waals surface area contributed by atoms with Crippen molar-refractivity contribution in [2.75, 3.05) is 5.73 Å². The lowest BCUT2D eigenvalue weighted by Gasteiger charge is -2.10. The molecule has 0 bridgehead atoms. The number of aromatic nitrogens is 1. The highest BCUT2D eigenvalue weighted by Crippen LogP contribution is 2.34. The molecule has 0 spiro atoms. The topological polar surface area (TPSA) is 59.1 Å². The van der Waals surface area contributed by atoms with Gasteiger partial charge in [-0.1, -0.05) is 11.6 Å². The van der Waals surface area contributed by atoms with Crippen molar-refractivity contribution in [2.24, 2.45) is 5.92 Å². The number of halogens is 1. The number of nitrogens with two attached hydrogens (primary N) is 1. The van der Waals surface area contributed by atoms with Crippen molar-refractivity contribution in [3.8, 4) is 0 Å². The summed E-state index contributed by atoms with van der Waals surface area (Å²) >= 11 is 5.83. The van der Waals surface area contributed by atoms with E-state index < -0.39 is 0 Å². The molecule has 0 radical (unpaired) electrons. The number of hydrogen-bond donors (Lipinski definition) is 2. The summed E-state index contributed by atoms with van der Waals surface area (Å²) in [5.41, 5.74) is 6.65. The van der Waals surface area contributed by atoms with E-state index in [1.54, 1.807) is 0 Å². The molecule has 15 heavy (non-hydrogen) atoms. The Morgan fingerprint density at radius 1 is 1.60 bits per heavy atom. The summed E-state index contributed by atoms with van der Waals surface area (Å²) in [6.07, 6.45) is 5.16. The first-order chi connectivity index (χ1) is 7.16. The molecule has 3 N–H and O–H groups in total. The molecule has 1 aliphatic carbocycles. The lowest BCUT2D eigenvalue weighted by molar-refractivity contribution is 0.142. The second-order valence-corrected chi connectivity index (χ2v) is 4.58. The van der Waals surface area contributed by atoms with Crippen LogP contribution in [0.15, 0.2) is 12.3 Å².